The molecular weight excluding hydrogens is 316 g/mol. The molecule has 0 aliphatic rings. The Morgan fingerprint density at radius 1 is 0.880 bits per heavy atom. The van der Waals surface area contributed by atoms with E-state index in [0.717, 1.165) is 11.1 Å². The normalized spacial score (nSPS) is 11.4. The molecule has 7 heteroatoms. The number of aromatic nitrogens is 6. The van der Waals surface area contributed by atoms with Crippen molar-refractivity contribution in [2.45, 2.75) is 0 Å². The van der Waals surface area contributed by atoms with Crippen molar-refractivity contribution in [2.75, 3.05) is 0 Å². The van der Waals surface area contributed by atoms with Crippen LogP contribution in [0.4, 0.5) is 0 Å². The summed E-state index contributed by atoms with van der Waals surface area (Å²) in [6.07, 6.45) is 3.34. The summed E-state index contributed by atoms with van der Waals surface area (Å²) in [5.41, 5.74) is 2.85. The topological polar surface area (TPSA) is 81.1 Å². The second kappa shape index (κ2) is 5.13. The highest BCUT2D eigenvalue weighted by Crippen LogP contribution is 2.27. The second-order valence-corrected chi connectivity index (χ2v) is 5.59. The number of nitrogens with zero attached hydrogens (tertiary/aromatic N) is 6. The fourth-order valence-corrected chi connectivity index (χ4v) is 2.86. The Labute approximate surface area is 141 Å². The van der Waals surface area contributed by atoms with Crippen molar-refractivity contribution in [1.29, 1.82) is 0 Å². The van der Waals surface area contributed by atoms with Crippen LogP contribution >= 0.6 is 0 Å². The molecule has 0 saturated heterocycles. The summed E-state index contributed by atoms with van der Waals surface area (Å²) in [7, 11) is 0. The number of aromatic hydroxyl groups is 1. The number of benzene rings is 2. The van der Waals surface area contributed by atoms with Crippen LogP contribution in [-0.2, 0) is 0 Å². The molecule has 0 radical (unpaired) electrons. The van der Waals surface area contributed by atoms with Gasteiger partial charge in [-0.25, -0.2) is 19.2 Å². The van der Waals surface area contributed by atoms with Crippen molar-refractivity contribution in [2.24, 2.45) is 0 Å². The predicted molar refractivity (Wildman–Crippen MR) is 92.5 cm³/mol. The minimum Gasteiger partial charge on any atom is -0.507 e. The van der Waals surface area contributed by atoms with Gasteiger partial charge in [0.05, 0.1) is 22.8 Å². The van der Waals surface area contributed by atoms with E-state index in [1.165, 1.54) is 0 Å². The molecule has 0 spiro atoms. The molecule has 0 fully saturated rings. The fraction of sp³-hybridized carbons (Fsp3) is 0. The van der Waals surface area contributed by atoms with Gasteiger partial charge in [0.2, 0.25) is 0 Å². The van der Waals surface area contributed by atoms with Crippen molar-refractivity contribution >= 4 is 16.7 Å². The van der Waals surface area contributed by atoms with Gasteiger partial charge in [-0.15, -0.1) is 5.10 Å². The highest BCUT2D eigenvalue weighted by atomic mass is 16.3. The Morgan fingerprint density at radius 2 is 1.68 bits per heavy atom. The van der Waals surface area contributed by atoms with Crippen LogP contribution < -0.4 is 0 Å². The lowest BCUT2D eigenvalue weighted by atomic mass is 10.2. The Balaban J connectivity index is 1.74. The number of phenols is 1. The van der Waals surface area contributed by atoms with Gasteiger partial charge < -0.3 is 5.11 Å². The van der Waals surface area contributed by atoms with Gasteiger partial charge in [0.25, 0.3) is 0 Å². The average Bonchev–Trinajstić information content (AvgIpc) is 3.26. The first-order valence-electron chi connectivity index (χ1n) is 7.74. The van der Waals surface area contributed by atoms with E-state index >= 15 is 0 Å². The minimum absolute atomic E-state index is 0.141. The average molecular weight is 328 g/mol. The van der Waals surface area contributed by atoms with Crippen LogP contribution in [0.25, 0.3) is 33.8 Å². The molecule has 0 bridgehead atoms. The van der Waals surface area contributed by atoms with Crippen LogP contribution in [0, 0.1) is 0 Å². The van der Waals surface area contributed by atoms with Crippen LogP contribution in [0.1, 0.15) is 0 Å². The van der Waals surface area contributed by atoms with Crippen molar-refractivity contribution in [3.63, 3.8) is 0 Å². The number of para-hydroxylation sites is 2. The highest BCUT2D eigenvalue weighted by Gasteiger charge is 2.15. The minimum atomic E-state index is 0.141. The monoisotopic (exact) mass is 328 g/mol. The zero-order chi connectivity index (χ0) is 16.8. The number of hydrogen-bond donors (Lipinski definition) is 1. The smallest absolute Gasteiger partial charge is 0.185 e. The van der Waals surface area contributed by atoms with Gasteiger partial charge in [0.1, 0.15) is 12.1 Å². The summed E-state index contributed by atoms with van der Waals surface area (Å²) in [4.78, 5) is 9.05. The first-order chi connectivity index (χ1) is 12.3. The second-order valence-electron chi connectivity index (χ2n) is 5.59. The molecule has 0 amide bonds. The Morgan fingerprint density at radius 3 is 2.52 bits per heavy atom. The molecule has 1 N–H and O–H groups in total. The third-order valence-corrected chi connectivity index (χ3v) is 4.05. The first-order valence-corrected chi connectivity index (χ1v) is 7.74. The molecule has 5 aromatic rings. The third-order valence-electron chi connectivity index (χ3n) is 4.05. The molecule has 0 atom stereocenters. The van der Waals surface area contributed by atoms with Crippen LogP contribution in [0.3, 0.4) is 0 Å². The molecule has 3 heterocycles. The van der Waals surface area contributed by atoms with Crippen molar-refractivity contribution < 1.29 is 5.11 Å². The summed E-state index contributed by atoms with van der Waals surface area (Å²) >= 11 is 0. The lowest BCUT2D eigenvalue weighted by Crippen LogP contribution is -1.98. The summed E-state index contributed by atoms with van der Waals surface area (Å²) in [5.74, 6) is 0.586. The van der Waals surface area contributed by atoms with Crippen LogP contribution in [-0.4, -0.2) is 34.5 Å². The van der Waals surface area contributed by atoms with Gasteiger partial charge in [-0.2, -0.15) is 5.10 Å². The molecule has 0 aliphatic heterocycles. The molecule has 0 unspecified atom stereocenters. The van der Waals surface area contributed by atoms with E-state index in [4.69, 9.17) is 0 Å². The molecule has 7 nitrogen and oxygen atoms in total. The highest BCUT2D eigenvalue weighted by molar-refractivity contribution is 5.90. The Hall–Kier alpha value is -3.74. The van der Waals surface area contributed by atoms with E-state index in [2.05, 4.69) is 20.2 Å². The summed E-state index contributed by atoms with van der Waals surface area (Å²) < 4.78 is 3.37. The van der Waals surface area contributed by atoms with Crippen LogP contribution in [0.15, 0.2) is 67.1 Å². The maximum Gasteiger partial charge on any atom is 0.185 e. The SMILES string of the molecule is Oc1ccccc1-c1nc2c3cnn(-c4ccccc4)c3ncn2n1. The zero-order valence-corrected chi connectivity index (χ0v) is 13.0. The standard InChI is InChI=1S/C18H12N6O/c25-15-9-5-4-8-13(15)16-21-18-14-10-20-24(12-6-2-1-3-7-12)17(14)19-11-23(18)22-16/h1-11,25H. The van der Waals surface area contributed by atoms with Crippen LogP contribution in [0.5, 0.6) is 5.75 Å². The summed E-state index contributed by atoms with van der Waals surface area (Å²) in [6.45, 7) is 0. The molecule has 25 heavy (non-hydrogen) atoms. The molecule has 0 aliphatic carbocycles. The maximum atomic E-state index is 10.0. The number of rotatable bonds is 2. The maximum absolute atomic E-state index is 10.0. The Bertz CT molecular complexity index is 1210. The van der Waals surface area contributed by atoms with Gasteiger partial charge in [-0.1, -0.05) is 30.3 Å². The van der Waals surface area contributed by atoms with E-state index in [0.29, 0.717) is 22.7 Å². The van der Waals surface area contributed by atoms with Crippen molar-refractivity contribution in [1.82, 2.24) is 29.4 Å². The summed E-state index contributed by atoms with van der Waals surface area (Å²) in [5, 5.41) is 19.7. The van der Waals surface area contributed by atoms with E-state index in [9.17, 15) is 5.11 Å². The van der Waals surface area contributed by atoms with E-state index in [1.807, 2.05) is 36.4 Å². The first kappa shape index (κ1) is 13.7. The van der Waals surface area contributed by atoms with Gasteiger partial charge in [0, 0.05) is 0 Å². The Kier molecular flexibility index (Phi) is 2.81. The van der Waals surface area contributed by atoms with Gasteiger partial charge in [-0.05, 0) is 24.3 Å². The van der Waals surface area contributed by atoms with Gasteiger partial charge in [0.15, 0.2) is 17.1 Å². The van der Waals surface area contributed by atoms with Gasteiger partial charge in [-0.3, -0.25) is 0 Å². The zero-order valence-electron chi connectivity index (χ0n) is 13.0. The predicted octanol–water partition coefficient (Wildman–Crippen LogP) is 2.84. The van der Waals surface area contributed by atoms with E-state index in [-0.39, 0.29) is 5.75 Å². The lowest BCUT2D eigenvalue weighted by Gasteiger charge is -2.01. The molecule has 2 aromatic carbocycles. The molecule has 120 valence electrons. The van der Waals surface area contributed by atoms with E-state index in [1.54, 1.807) is 39.9 Å². The van der Waals surface area contributed by atoms with Crippen LogP contribution in [0.2, 0.25) is 0 Å². The number of hydrogen-bond acceptors (Lipinski definition) is 5. The molecule has 3 aromatic heterocycles. The largest absolute Gasteiger partial charge is 0.507 e. The number of phenolic OH excluding ortho intramolecular Hbond substituents is 1. The molecule has 5 rings (SSSR count). The van der Waals surface area contributed by atoms with Gasteiger partial charge >= 0.3 is 0 Å². The third kappa shape index (κ3) is 2.06. The summed E-state index contributed by atoms with van der Waals surface area (Å²) in [6, 6.07) is 16.8. The van der Waals surface area contributed by atoms with Crippen molar-refractivity contribution in [3.05, 3.63) is 67.1 Å². The van der Waals surface area contributed by atoms with Crippen molar-refractivity contribution in [3.8, 4) is 22.8 Å². The number of fused-ring (bicyclic) bond motifs is 3. The fourth-order valence-electron chi connectivity index (χ4n) is 2.86. The van der Waals surface area contributed by atoms with E-state index < -0.39 is 0 Å². The molecule has 0 saturated carbocycles. The lowest BCUT2D eigenvalue weighted by molar-refractivity contribution is 0.477. The quantitative estimate of drug-likeness (QED) is 0.539. The molecular formula is C18H12N6O.